The Hall–Kier alpha value is -1.80. The Kier molecular flexibility index (Phi) is 7.63. The summed E-state index contributed by atoms with van der Waals surface area (Å²) in [6, 6.07) is 5.73. The molecule has 0 bridgehead atoms. The number of halogens is 3. The molecular weight excluding hydrogens is 395 g/mol. The first kappa shape index (κ1) is 22.9. The molecule has 2 heterocycles. The van der Waals surface area contributed by atoms with Crippen LogP contribution in [0, 0.1) is 0 Å². The lowest BCUT2D eigenvalue weighted by atomic mass is 9.73. The van der Waals surface area contributed by atoms with Gasteiger partial charge in [-0.15, -0.1) is 0 Å². The topological polar surface area (TPSA) is 46.1 Å². The van der Waals surface area contributed by atoms with E-state index in [4.69, 9.17) is 9.47 Å². The lowest BCUT2D eigenvalue weighted by Crippen LogP contribution is -2.51. The molecule has 1 N–H and O–H groups in total. The third-order valence-corrected chi connectivity index (χ3v) is 6.19. The van der Waals surface area contributed by atoms with Crippen molar-refractivity contribution in [3.63, 3.8) is 0 Å². The van der Waals surface area contributed by atoms with Gasteiger partial charge >= 0.3 is 6.18 Å². The van der Waals surface area contributed by atoms with Crippen LogP contribution in [0.2, 0.25) is 0 Å². The molecule has 168 valence electrons. The van der Waals surface area contributed by atoms with E-state index in [1.54, 1.807) is 13.1 Å². The summed E-state index contributed by atoms with van der Waals surface area (Å²) in [6.45, 7) is 6.03. The van der Waals surface area contributed by atoms with Crippen LogP contribution >= 0.6 is 0 Å². The van der Waals surface area contributed by atoms with Crippen LogP contribution in [0.1, 0.15) is 43.7 Å². The van der Waals surface area contributed by atoms with Crippen molar-refractivity contribution in [3.05, 3.63) is 35.4 Å². The van der Waals surface area contributed by atoms with Crippen LogP contribution < -0.4 is 5.32 Å². The number of nitrogens with one attached hydrogen (secondary N) is 1. The summed E-state index contributed by atoms with van der Waals surface area (Å²) in [6.07, 6.45) is -0.828. The van der Waals surface area contributed by atoms with Gasteiger partial charge in [0, 0.05) is 51.9 Å². The monoisotopic (exact) mass is 427 g/mol. The highest BCUT2D eigenvalue weighted by atomic mass is 19.4. The molecule has 1 aromatic carbocycles. The molecule has 8 heteroatoms. The maximum atomic E-state index is 13.3. The normalized spacial score (nSPS) is 21.0. The average molecular weight is 428 g/mol. The molecule has 2 aliphatic rings. The number of benzene rings is 1. The molecule has 30 heavy (non-hydrogen) atoms. The van der Waals surface area contributed by atoms with Crippen LogP contribution in [0.15, 0.2) is 29.3 Å². The number of rotatable bonds is 5. The number of hydrogen-bond acceptors (Lipinski definition) is 3. The van der Waals surface area contributed by atoms with E-state index in [0.717, 1.165) is 44.6 Å². The predicted molar refractivity (Wildman–Crippen MR) is 111 cm³/mol. The van der Waals surface area contributed by atoms with Gasteiger partial charge in [0.05, 0.1) is 11.7 Å². The number of guanidine groups is 1. The summed E-state index contributed by atoms with van der Waals surface area (Å²) in [5.74, 6) is 0.794. The standard InChI is InChI=1S/C22H32F3N3O2/c1-3-30-19-7-11-28(12-8-19)20(26-2)27-16-21(9-13-29-14-10-21)17-5-4-6-18(15-17)22(23,24)25/h4-6,15,19H,3,7-14,16H2,1-2H3,(H,26,27). The van der Waals surface area contributed by atoms with E-state index < -0.39 is 17.2 Å². The van der Waals surface area contributed by atoms with Gasteiger partial charge in [0.2, 0.25) is 0 Å². The van der Waals surface area contributed by atoms with Gasteiger partial charge in [0.25, 0.3) is 0 Å². The summed E-state index contributed by atoms with van der Waals surface area (Å²) < 4.78 is 51.1. The highest BCUT2D eigenvalue weighted by Gasteiger charge is 2.38. The summed E-state index contributed by atoms with van der Waals surface area (Å²) in [7, 11) is 1.75. The van der Waals surface area contributed by atoms with Gasteiger partial charge in [-0.3, -0.25) is 4.99 Å². The quantitative estimate of drug-likeness (QED) is 0.573. The van der Waals surface area contributed by atoms with Crippen molar-refractivity contribution in [2.75, 3.05) is 46.5 Å². The first-order chi connectivity index (χ1) is 14.4. The molecular formula is C22H32F3N3O2. The minimum atomic E-state index is -4.35. The molecule has 5 nitrogen and oxygen atoms in total. The van der Waals surface area contributed by atoms with Crippen LogP contribution in [0.5, 0.6) is 0 Å². The van der Waals surface area contributed by atoms with Crippen LogP contribution in [0.3, 0.4) is 0 Å². The molecule has 0 amide bonds. The molecule has 0 radical (unpaired) electrons. The fourth-order valence-electron chi connectivity index (χ4n) is 4.41. The van der Waals surface area contributed by atoms with Gasteiger partial charge in [0.1, 0.15) is 0 Å². The number of hydrogen-bond donors (Lipinski definition) is 1. The third kappa shape index (κ3) is 5.46. The summed E-state index contributed by atoms with van der Waals surface area (Å²) in [4.78, 5) is 6.63. The SMILES string of the molecule is CCOC1CCN(C(=NC)NCC2(c3cccc(C(F)(F)F)c3)CCOCC2)CC1. The Bertz CT molecular complexity index is 710. The van der Waals surface area contributed by atoms with Crippen molar-refractivity contribution < 1.29 is 22.6 Å². The van der Waals surface area contributed by atoms with E-state index >= 15 is 0 Å². The molecule has 0 atom stereocenters. The molecule has 3 rings (SSSR count). The molecule has 2 saturated heterocycles. The van der Waals surface area contributed by atoms with Crippen molar-refractivity contribution in [2.24, 2.45) is 4.99 Å². The third-order valence-electron chi connectivity index (χ3n) is 6.19. The fraction of sp³-hybridized carbons (Fsp3) is 0.682. The average Bonchev–Trinajstić information content (AvgIpc) is 2.76. The molecule has 2 fully saturated rings. The van der Waals surface area contributed by atoms with Gasteiger partial charge < -0.3 is 19.7 Å². The second-order valence-corrected chi connectivity index (χ2v) is 8.01. The first-order valence-corrected chi connectivity index (χ1v) is 10.7. The zero-order valence-corrected chi connectivity index (χ0v) is 17.8. The van der Waals surface area contributed by atoms with Gasteiger partial charge in [-0.2, -0.15) is 13.2 Å². The lowest BCUT2D eigenvalue weighted by molar-refractivity contribution is -0.137. The van der Waals surface area contributed by atoms with E-state index in [1.807, 2.05) is 6.92 Å². The second-order valence-electron chi connectivity index (χ2n) is 8.01. The maximum Gasteiger partial charge on any atom is 0.416 e. The zero-order valence-electron chi connectivity index (χ0n) is 17.8. The number of likely N-dealkylation sites (tertiary alicyclic amines) is 1. The first-order valence-electron chi connectivity index (χ1n) is 10.7. The fourth-order valence-corrected chi connectivity index (χ4v) is 4.41. The molecule has 0 spiro atoms. The predicted octanol–water partition coefficient (Wildman–Crippen LogP) is 3.83. The minimum Gasteiger partial charge on any atom is -0.381 e. The van der Waals surface area contributed by atoms with Crippen molar-refractivity contribution in [1.82, 2.24) is 10.2 Å². The number of ether oxygens (including phenoxy) is 2. The van der Waals surface area contributed by atoms with E-state index in [9.17, 15) is 13.2 Å². The van der Waals surface area contributed by atoms with Gasteiger partial charge in [0.15, 0.2) is 5.96 Å². The Morgan fingerprint density at radius 1 is 1.27 bits per heavy atom. The molecule has 2 aliphatic heterocycles. The largest absolute Gasteiger partial charge is 0.416 e. The maximum absolute atomic E-state index is 13.3. The van der Waals surface area contributed by atoms with Crippen LogP contribution in [-0.4, -0.2) is 63.5 Å². The van der Waals surface area contributed by atoms with E-state index in [-0.39, 0.29) is 6.10 Å². The van der Waals surface area contributed by atoms with E-state index in [1.165, 1.54) is 12.1 Å². The molecule has 0 unspecified atom stereocenters. The van der Waals surface area contributed by atoms with Gasteiger partial charge in [-0.25, -0.2) is 0 Å². The molecule has 1 aromatic rings. The Morgan fingerprint density at radius 3 is 2.57 bits per heavy atom. The summed E-state index contributed by atoms with van der Waals surface area (Å²) in [5, 5.41) is 3.45. The summed E-state index contributed by atoms with van der Waals surface area (Å²) >= 11 is 0. The zero-order chi connectivity index (χ0) is 21.6. The number of alkyl halides is 3. The number of aliphatic imine (C=N–C) groups is 1. The lowest BCUT2D eigenvalue weighted by Gasteiger charge is -2.40. The van der Waals surface area contributed by atoms with Crippen molar-refractivity contribution in [2.45, 2.75) is 50.3 Å². The smallest absolute Gasteiger partial charge is 0.381 e. The van der Waals surface area contributed by atoms with Crippen LogP contribution in [0.4, 0.5) is 13.2 Å². The second kappa shape index (κ2) is 10.0. The van der Waals surface area contributed by atoms with Crippen molar-refractivity contribution >= 4 is 5.96 Å². The van der Waals surface area contributed by atoms with E-state index in [0.29, 0.717) is 38.2 Å². The number of nitrogens with zero attached hydrogens (tertiary/aromatic N) is 2. The highest BCUT2D eigenvalue weighted by molar-refractivity contribution is 5.80. The van der Waals surface area contributed by atoms with Crippen molar-refractivity contribution in [1.29, 1.82) is 0 Å². The minimum absolute atomic E-state index is 0.288. The molecule has 0 saturated carbocycles. The Labute approximate surface area is 176 Å². The van der Waals surface area contributed by atoms with Crippen LogP contribution in [0.25, 0.3) is 0 Å². The molecule has 0 aromatic heterocycles. The Morgan fingerprint density at radius 2 is 1.97 bits per heavy atom. The number of piperidine rings is 1. The van der Waals surface area contributed by atoms with Crippen molar-refractivity contribution in [3.8, 4) is 0 Å². The van der Waals surface area contributed by atoms with Gasteiger partial charge in [-0.05, 0) is 44.2 Å². The summed E-state index contributed by atoms with van der Waals surface area (Å²) in [5.41, 5.74) is -0.314. The highest BCUT2D eigenvalue weighted by Crippen LogP contribution is 2.38. The van der Waals surface area contributed by atoms with Crippen LogP contribution in [-0.2, 0) is 21.1 Å². The van der Waals surface area contributed by atoms with E-state index in [2.05, 4.69) is 15.2 Å². The van der Waals surface area contributed by atoms with Gasteiger partial charge in [-0.1, -0.05) is 18.2 Å². The Balaban J connectivity index is 1.72. The molecule has 0 aliphatic carbocycles.